The van der Waals surface area contributed by atoms with Crippen LogP contribution in [0.3, 0.4) is 0 Å². The Hall–Kier alpha value is -2.80. The van der Waals surface area contributed by atoms with Gasteiger partial charge in [0.2, 0.25) is 0 Å². The van der Waals surface area contributed by atoms with Crippen LogP contribution in [0.5, 0.6) is 0 Å². The van der Waals surface area contributed by atoms with Gasteiger partial charge in [-0.05, 0) is 23.3 Å². The van der Waals surface area contributed by atoms with Crippen molar-refractivity contribution < 1.29 is 18.7 Å². The van der Waals surface area contributed by atoms with Gasteiger partial charge in [0.1, 0.15) is 17.2 Å². The van der Waals surface area contributed by atoms with Crippen molar-refractivity contribution in [3.8, 4) is 0 Å². The highest BCUT2D eigenvalue weighted by atomic mass is 19.1. The molecule has 26 heavy (non-hydrogen) atoms. The van der Waals surface area contributed by atoms with Gasteiger partial charge in [-0.15, -0.1) is 0 Å². The zero-order chi connectivity index (χ0) is 18.3. The molecule has 0 saturated carbocycles. The number of benzene rings is 2. The molecule has 134 valence electrons. The average Bonchev–Trinajstić information content (AvgIpc) is 3.08. The molecule has 4 rings (SSSR count). The van der Waals surface area contributed by atoms with Gasteiger partial charge in [-0.1, -0.05) is 30.3 Å². The second kappa shape index (κ2) is 6.17. The molecule has 2 aliphatic rings. The summed E-state index contributed by atoms with van der Waals surface area (Å²) in [7, 11) is 0. The van der Waals surface area contributed by atoms with Gasteiger partial charge < -0.3 is 10.0 Å². The van der Waals surface area contributed by atoms with Crippen molar-refractivity contribution in [1.29, 1.82) is 0 Å². The molecule has 2 amide bonds. The summed E-state index contributed by atoms with van der Waals surface area (Å²) >= 11 is 0. The number of halogens is 2. The minimum absolute atomic E-state index is 0.145. The number of likely N-dealkylation sites (tertiary alicyclic amines) is 1. The van der Waals surface area contributed by atoms with Gasteiger partial charge in [0.05, 0.1) is 19.1 Å². The molecular formula is C19H17F2N3O2. The molecule has 0 bridgehead atoms. The number of nitrogens with zero attached hydrogens (tertiary/aromatic N) is 3. The second-order valence-corrected chi connectivity index (χ2v) is 6.63. The molecule has 2 aliphatic heterocycles. The summed E-state index contributed by atoms with van der Waals surface area (Å²) in [6, 6.07) is 11.4. The Kier molecular flexibility index (Phi) is 3.96. The first-order chi connectivity index (χ1) is 12.5. The maximum absolute atomic E-state index is 13.5. The highest BCUT2D eigenvalue weighted by Crippen LogP contribution is 2.36. The van der Waals surface area contributed by atoms with E-state index in [4.69, 9.17) is 0 Å². The molecule has 0 spiro atoms. The van der Waals surface area contributed by atoms with Crippen LogP contribution in [0.25, 0.3) is 0 Å². The Labute approximate surface area is 149 Å². The van der Waals surface area contributed by atoms with Crippen LogP contribution in [0.2, 0.25) is 0 Å². The maximum Gasteiger partial charge on any atom is 0.341 e. The van der Waals surface area contributed by atoms with Crippen molar-refractivity contribution in [2.24, 2.45) is 5.10 Å². The second-order valence-electron chi connectivity index (χ2n) is 6.63. The summed E-state index contributed by atoms with van der Waals surface area (Å²) in [4.78, 5) is 14.2. The van der Waals surface area contributed by atoms with Crippen molar-refractivity contribution in [2.75, 3.05) is 13.1 Å². The molecule has 0 radical (unpaired) electrons. The molecule has 7 heteroatoms. The highest BCUT2D eigenvalue weighted by molar-refractivity contribution is 5.79. The van der Waals surface area contributed by atoms with E-state index in [1.54, 1.807) is 6.21 Å². The molecule has 0 unspecified atom stereocenters. The molecule has 0 aromatic heterocycles. The van der Waals surface area contributed by atoms with Crippen molar-refractivity contribution in [3.63, 3.8) is 0 Å². The first-order valence-electron chi connectivity index (χ1n) is 8.31. The summed E-state index contributed by atoms with van der Waals surface area (Å²) in [6.07, 6.45) is 1.93. The Morgan fingerprint density at radius 3 is 2.42 bits per heavy atom. The Bertz CT molecular complexity index is 846. The number of aliphatic hydroxyl groups is 1. The standard InChI is InChI=1S/C19H17F2N3O2/c20-15-8-13(9-16(21)10-15)17-6-7-22-24(17)18(25)23-11-19(26,12-23)14-4-2-1-3-5-14/h1-5,7-10,17,26H,6,11-12H2/t17-/m0/s1. The van der Waals surface area contributed by atoms with Gasteiger partial charge in [-0.25, -0.2) is 18.6 Å². The molecule has 1 saturated heterocycles. The van der Waals surface area contributed by atoms with Crippen LogP contribution < -0.4 is 0 Å². The summed E-state index contributed by atoms with van der Waals surface area (Å²) in [5.41, 5.74) is 0.0193. The van der Waals surface area contributed by atoms with Gasteiger partial charge >= 0.3 is 6.03 Å². The summed E-state index contributed by atoms with van der Waals surface area (Å²) in [5.74, 6) is -1.39. The van der Waals surface area contributed by atoms with Crippen LogP contribution in [0.4, 0.5) is 13.6 Å². The van der Waals surface area contributed by atoms with E-state index >= 15 is 0 Å². The smallest absolute Gasteiger partial charge is 0.341 e. The third kappa shape index (κ3) is 2.84. The largest absolute Gasteiger partial charge is 0.381 e. The number of rotatable bonds is 2. The molecule has 5 nitrogen and oxygen atoms in total. The van der Waals surface area contributed by atoms with Crippen LogP contribution in [0.15, 0.2) is 53.6 Å². The SMILES string of the molecule is O=C(N1CC(O)(c2ccccc2)C1)N1N=CC[C@H]1c1cc(F)cc(F)c1. The van der Waals surface area contributed by atoms with Gasteiger partial charge in [0, 0.05) is 18.7 Å². The number of β-amino-alcohol motifs (C(OH)–C–C–N with tert-alkyl or cyclic N) is 1. The zero-order valence-corrected chi connectivity index (χ0v) is 13.8. The number of hydrogen-bond acceptors (Lipinski definition) is 3. The molecule has 1 atom stereocenters. The summed E-state index contributed by atoms with van der Waals surface area (Å²) in [6.45, 7) is 0.290. The van der Waals surface area contributed by atoms with Gasteiger partial charge in [-0.2, -0.15) is 5.10 Å². The van der Waals surface area contributed by atoms with Gasteiger partial charge in [0.25, 0.3) is 0 Å². The van der Waals surface area contributed by atoms with Crippen LogP contribution in [0.1, 0.15) is 23.6 Å². The third-order valence-electron chi connectivity index (χ3n) is 4.78. The topological polar surface area (TPSA) is 56.1 Å². The van der Waals surface area contributed by atoms with Gasteiger partial charge in [-0.3, -0.25) is 0 Å². The van der Waals surface area contributed by atoms with Crippen LogP contribution in [0, 0.1) is 11.6 Å². The molecule has 2 heterocycles. The number of amides is 2. The van der Waals surface area contributed by atoms with E-state index < -0.39 is 29.3 Å². The Balaban J connectivity index is 1.49. The fraction of sp³-hybridized carbons (Fsp3) is 0.263. The monoisotopic (exact) mass is 357 g/mol. The first kappa shape index (κ1) is 16.7. The molecule has 2 aromatic carbocycles. The minimum atomic E-state index is -1.08. The predicted molar refractivity (Wildman–Crippen MR) is 91.4 cm³/mol. The Morgan fingerprint density at radius 1 is 1.12 bits per heavy atom. The van der Waals surface area contributed by atoms with Crippen molar-refractivity contribution in [1.82, 2.24) is 9.91 Å². The van der Waals surface area contributed by atoms with Crippen LogP contribution in [-0.2, 0) is 5.60 Å². The van der Waals surface area contributed by atoms with E-state index in [1.807, 2.05) is 30.3 Å². The number of hydrazone groups is 1. The predicted octanol–water partition coefficient (Wildman–Crippen LogP) is 3.02. The normalized spacial score (nSPS) is 21.0. The zero-order valence-electron chi connectivity index (χ0n) is 13.8. The number of hydrogen-bond donors (Lipinski definition) is 1. The first-order valence-corrected chi connectivity index (χ1v) is 8.31. The minimum Gasteiger partial charge on any atom is -0.381 e. The van der Waals surface area contributed by atoms with Crippen molar-refractivity contribution >= 4 is 12.2 Å². The number of urea groups is 1. The highest BCUT2D eigenvalue weighted by Gasteiger charge is 2.47. The fourth-order valence-corrected chi connectivity index (χ4v) is 3.44. The van der Waals surface area contributed by atoms with E-state index in [9.17, 15) is 18.7 Å². The Morgan fingerprint density at radius 2 is 1.77 bits per heavy atom. The summed E-state index contributed by atoms with van der Waals surface area (Å²) in [5, 5.41) is 15.9. The van der Waals surface area contributed by atoms with E-state index in [-0.39, 0.29) is 13.1 Å². The quantitative estimate of drug-likeness (QED) is 0.898. The number of carbonyl (C=O) groups excluding carboxylic acids is 1. The van der Waals surface area contributed by atoms with E-state index in [1.165, 1.54) is 22.0 Å². The molecule has 2 aromatic rings. The van der Waals surface area contributed by atoms with E-state index in [0.717, 1.165) is 11.6 Å². The molecule has 1 N–H and O–H groups in total. The third-order valence-corrected chi connectivity index (χ3v) is 4.78. The lowest BCUT2D eigenvalue weighted by Crippen LogP contribution is -2.63. The summed E-state index contributed by atoms with van der Waals surface area (Å²) < 4.78 is 27.0. The van der Waals surface area contributed by atoms with Gasteiger partial charge in [0.15, 0.2) is 0 Å². The van der Waals surface area contributed by atoms with E-state index in [0.29, 0.717) is 12.0 Å². The van der Waals surface area contributed by atoms with E-state index in [2.05, 4.69) is 5.10 Å². The lowest BCUT2D eigenvalue weighted by molar-refractivity contribution is -0.0877. The lowest BCUT2D eigenvalue weighted by Gasteiger charge is -2.47. The van der Waals surface area contributed by atoms with Crippen molar-refractivity contribution in [3.05, 3.63) is 71.3 Å². The fourth-order valence-electron chi connectivity index (χ4n) is 3.44. The number of carbonyl (C=O) groups is 1. The van der Waals surface area contributed by atoms with Crippen molar-refractivity contribution in [2.45, 2.75) is 18.1 Å². The average molecular weight is 357 g/mol. The van der Waals surface area contributed by atoms with Crippen LogP contribution in [-0.4, -0.2) is 40.4 Å². The molecular weight excluding hydrogens is 340 g/mol. The molecule has 1 fully saturated rings. The van der Waals surface area contributed by atoms with Crippen LogP contribution >= 0.6 is 0 Å². The maximum atomic E-state index is 13.5. The molecule has 0 aliphatic carbocycles. The lowest BCUT2D eigenvalue weighted by atomic mass is 9.86.